The zero-order valence-electron chi connectivity index (χ0n) is 13.9. The number of ether oxygens (including phenoxy) is 1. The Morgan fingerprint density at radius 3 is 2.58 bits per heavy atom. The maximum Gasteiger partial charge on any atom is 0.416 e. The summed E-state index contributed by atoms with van der Waals surface area (Å²) in [6.45, 7) is 2.00. The van der Waals surface area contributed by atoms with E-state index in [2.05, 4.69) is 9.84 Å². The van der Waals surface area contributed by atoms with Crippen LogP contribution in [-0.2, 0) is 17.5 Å². The lowest BCUT2D eigenvalue weighted by atomic mass is 10.1. The number of hydrogen-bond donors (Lipinski definition) is 0. The van der Waals surface area contributed by atoms with Gasteiger partial charge in [0.2, 0.25) is 0 Å². The highest BCUT2D eigenvalue weighted by atomic mass is 35.5. The number of benzene rings is 2. The van der Waals surface area contributed by atoms with Crippen LogP contribution in [0, 0.1) is 6.92 Å². The second-order valence-electron chi connectivity index (χ2n) is 5.82. The number of esters is 1. The Labute approximate surface area is 152 Å². The van der Waals surface area contributed by atoms with Gasteiger partial charge in [0.1, 0.15) is 0 Å². The van der Waals surface area contributed by atoms with E-state index in [-0.39, 0.29) is 23.1 Å². The van der Waals surface area contributed by atoms with Gasteiger partial charge in [-0.3, -0.25) is 4.68 Å². The van der Waals surface area contributed by atoms with Gasteiger partial charge in [0.15, 0.2) is 5.69 Å². The van der Waals surface area contributed by atoms with Gasteiger partial charge in [0, 0.05) is 10.4 Å². The van der Waals surface area contributed by atoms with Crippen LogP contribution in [0.4, 0.5) is 13.2 Å². The van der Waals surface area contributed by atoms with Crippen LogP contribution in [0.1, 0.15) is 27.2 Å². The molecule has 0 unspecified atom stereocenters. The van der Waals surface area contributed by atoms with Gasteiger partial charge in [-0.1, -0.05) is 23.7 Å². The minimum absolute atomic E-state index is 0.0422. The van der Waals surface area contributed by atoms with Crippen LogP contribution in [-0.4, -0.2) is 22.9 Å². The van der Waals surface area contributed by atoms with Crippen molar-refractivity contribution in [1.82, 2.24) is 9.78 Å². The van der Waals surface area contributed by atoms with Crippen molar-refractivity contribution >= 4 is 28.5 Å². The lowest BCUT2D eigenvalue weighted by Crippen LogP contribution is -2.07. The topological polar surface area (TPSA) is 44.1 Å². The van der Waals surface area contributed by atoms with Crippen molar-refractivity contribution in [2.24, 2.45) is 0 Å². The molecule has 0 aliphatic rings. The Morgan fingerprint density at radius 1 is 1.23 bits per heavy atom. The monoisotopic (exact) mass is 382 g/mol. The zero-order valence-corrected chi connectivity index (χ0v) is 14.6. The third-order valence-electron chi connectivity index (χ3n) is 3.99. The average Bonchev–Trinajstić information content (AvgIpc) is 2.94. The van der Waals surface area contributed by atoms with Crippen LogP contribution in [0.15, 0.2) is 36.4 Å². The number of carbonyl (C=O) groups excluding carboxylic acids is 1. The molecule has 0 fully saturated rings. The van der Waals surface area contributed by atoms with Gasteiger partial charge < -0.3 is 4.74 Å². The molecule has 0 spiro atoms. The highest BCUT2D eigenvalue weighted by Crippen LogP contribution is 2.33. The molecule has 0 bridgehead atoms. The van der Waals surface area contributed by atoms with Crippen LogP contribution in [0.3, 0.4) is 0 Å². The molecule has 0 amide bonds. The molecule has 0 aliphatic heterocycles. The van der Waals surface area contributed by atoms with E-state index in [9.17, 15) is 18.0 Å². The third kappa shape index (κ3) is 3.39. The fourth-order valence-electron chi connectivity index (χ4n) is 2.66. The van der Waals surface area contributed by atoms with Crippen LogP contribution in [0.2, 0.25) is 5.02 Å². The molecule has 3 aromatic rings. The molecule has 0 radical (unpaired) electrons. The standard InChI is InChI=1S/C18H14ClF3N2O2/c1-10-3-4-11(14(19)7-10)9-24-15-8-12(18(20,21)22)5-6-13(15)16(23-24)17(25)26-2/h3-8H,9H2,1-2H3. The number of hydrogen-bond acceptors (Lipinski definition) is 3. The molecule has 0 saturated carbocycles. The summed E-state index contributed by atoms with van der Waals surface area (Å²) in [5, 5.41) is 4.92. The van der Waals surface area contributed by atoms with Crippen molar-refractivity contribution in [3.63, 3.8) is 0 Å². The number of halogens is 4. The zero-order chi connectivity index (χ0) is 19.1. The first kappa shape index (κ1) is 18.3. The van der Waals surface area contributed by atoms with E-state index in [0.29, 0.717) is 10.6 Å². The summed E-state index contributed by atoms with van der Waals surface area (Å²) in [7, 11) is 1.19. The Morgan fingerprint density at radius 2 is 1.96 bits per heavy atom. The van der Waals surface area contributed by atoms with Crippen molar-refractivity contribution < 1.29 is 22.7 Å². The van der Waals surface area contributed by atoms with Gasteiger partial charge in [0.25, 0.3) is 0 Å². The minimum Gasteiger partial charge on any atom is -0.464 e. The summed E-state index contributed by atoms with van der Waals surface area (Å²) < 4.78 is 45.2. The first-order valence-electron chi connectivity index (χ1n) is 7.62. The van der Waals surface area contributed by atoms with Gasteiger partial charge in [-0.15, -0.1) is 0 Å². The molecule has 8 heteroatoms. The number of aryl methyl sites for hydroxylation is 1. The van der Waals surface area contributed by atoms with E-state index >= 15 is 0 Å². The minimum atomic E-state index is -4.50. The van der Waals surface area contributed by atoms with Crippen molar-refractivity contribution in [2.45, 2.75) is 19.6 Å². The summed E-state index contributed by atoms with van der Waals surface area (Å²) in [6.07, 6.45) is -4.50. The molecule has 1 aromatic heterocycles. The van der Waals surface area contributed by atoms with E-state index in [1.165, 1.54) is 17.9 Å². The van der Waals surface area contributed by atoms with Crippen LogP contribution in [0.25, 0.3) is 10.9 Å². The second-order valence-corrected chi connectivity index (χ2v) is 6.23. The summed E-state index contributed by atoms with van der Waals surface area (Å²) in [6, 6.07) is 8.48. The van der Waals surface area contributed by atoms with Gasteiger partial charge in [-0.25, -0.2) is 4.79 Å². The first-order valence-corrected chi connectivity index (χ1v) is 7.99. The van der Waals surface area contributed by atoms with Crippen molar-refractivity contribution in [3.05, 3.63) is 63.8 Å². The maximum atomic E-state index is 13.1. The number of alkyl halides is 3. The molecule has 0 atom stereocenters. The lowest BCUT2D eigenvalue weighted by Gasteiger charge is -2.09. The van der Waals surface area contributed by atoms with E-state index in [1.807, 2.05) is 13.0 Å². The molecule has 4 nitrogen and oxygen atoms in total. The molecule has 1 heterocycles. The number of aromatic nitrogens is 2. The fourth-order valence-corrected chi connectivity index (χ4v) is 2.95. The van der Waals surface area contributed by atoms with E-state index < -0.39 is 17.7 Å². The highest BCUT2D eigenvalue weighted by Gasteiger charge is 2.31. The van der Waals surface area contributed by atoms with Gasteiger partial charge in [-0.2, -0.15) is 18.3 Å². The van der Waals surface area contributed by atoms with E-state index in [4.69, 9.17) is 11.6 Å². The Kier molecular flexibility index (Phi) is 4.66. The first-order chi connectivity index (χ1) is 12.2. The average molecular weight is 383 g/mol. The summed E-state index contributed by atoms with van der Waals surface area (Å²) in [5.74, 6) is -0.719. The lowest BCUT2D eigenvalue weighted by molar-refractivity contribution is -0.137. The van der Waals surface area contributed by atoms with E-state index in [0.717, 1.165) is 17.7 Å². The second kappa shape index (κ2) is 6.64. The molecular weight excluding hydrogens is 369 g/mol. The quantitative estimate of drug-likeness (QED) is 0.608. The fraction of sp³-hybridized carbons (Fsp3) is 0.222. The molecule has 3 rings (SSSR count). The van der Waals surface area contributed by atoms with Gasteiger partial charge in [0.05, 0.1) is 24.7 Å². The molecule has 136 valence electrons. The molecular formula is C18H14ClF3N2O2. The van der Waals surface area contributed by atoms with Gasteiger partial charge in [-0.05, 0) is 42.3 Å². The van der Waals surface area contributed by atoms with E-state index in [1.54, 1.807) is 12.1 Å². The maximum absolute atomic E-state index is 13.1. The van der Waals surface area contributed by atoms with Crippen molar-refractivity contribution in [2.75, 3.05) is 7.11 Å². The third-order valence-corrected chi connectivity index (χ3v) is 4.34. The normalized spacial score (nSPS) is 11.8. The van der Waals surface area contributed by atoms with Gasteiger partial charge >= 0.3 is 12.1 Å². The van der Waals surface area contributed by atoms with Crippen molar-refractivity contribution in [1.29, 1.82) is 0 Å². The predicted octanol–water partition coefficient (Wildman–Crippen LogP) is 4.85. The summed E-state index contributed by atoms with van der Waals surface area (Å²) in [4.78, 5) is 11.9. The van der Waals surface area contributed by atoms with Crippen LogP contribution in [0.5, 0.6) is 0 Å². The number of methoxy groups -OCH3 is 1. The largest absolute Gasteiger partial charge is 0.464 e. The van der Waals surface area contributed by atoms with Crippen LogP contribution < -0.4 is 0 Å². The number of rotatable bonds is 3. The number of nitrogens with zero attached hydrogens (tertiary/aromatic N) is 2. The smallest absolute Gasteiger partial charge is 0.416 e. The molecule has 0 aliphatic carbocycles. The number of carbonyl (C=O) groups is 1. The molecule has 0 saturated heterocycles. The van der Waals surface area contributed by atoms with Crippen molar-refractivity contribution in [3.8, 4) is 0 Å². The highest BCUT2D eigenvalue weighted by molar-refractivity contribution is 6.31. The SMILES string of the molecule is COC(=O)c1nn(Cc2ccc(C)cc2Cl)c2cc(C(F)(F)F)ccc12. The molecule has 0 N–H and O–H groups in total. The summed E-state index contributed by atoms with van der Waals surface area (Å²) in [5.41, 5.74) is 0.947. The Hall–Kier alpha value is -2.54. The predicted molar refractivity (Wildman–Crippen MR) is 91.4 cm³/mol. The molecule has 2 aromatic carbocycles. The molecule has 26 heavy (non-hydrogen) atoms. The Bertz CT molecular complexity index is 996. The number of fused-ring (bicyclic) bond motifs is 1. The Balaban J connectivity index is 2.17. The summed E-state index contributed by atoms with van der Waals surface area (Å²) >= 11 is 6.22. The van der Waals surface area contributed by atoms with Crippen LogP contribution >= 0.6 is 11.6 Å².